The van der Waals surface area contributed by atoms with E-state index >= 15 is 0 Å². The summed E-state index contributed by atoms with van der Waals surface area (Å²) < 4.78 is 1.06. The number of aromatic nitrogens is 1. The van der Waals surface area contributed by atoms with E-state index in [-0.39, 0.29) is 6.04 Å². The zero-order valence-corrected chi connectivity index (χ0v) is 11.8. The molecule has 0 aliphatic heterocycles. The molecule has 0 spiro atoms. The molecule has 1 atom stereocenters. The van der Waals surface area contributed by atoms with Crippen molar-refractivity contribution in [3.63, 3.8) is 0 Å². The molecular weight excluding hydrogens is 296 g/mol. The number of rotatable bonds is 3. The molecule has 0 aliphatic carbocycles. The SMILES string of the molecule is C[C@@H](N)c1ccc(Sc2ccncc2)cc1Br. The Hall–Kier alpha value is -0.840. The van der Waals surface area contributed by atoms with Gasteiger partial charge in [0.25, 0.3) is 0 Å². The quantitative estimate of drug-likeness (QED) is 0.931. The second kappa shape index (κ2) is 5.67. The van der Waals surface area contributed by atoms with Gasteiger partial charge >= 0.3 is 0 Å². The molecule has 2 rings (SSSR count). The van der Waals surface area contributed by atoms with Crippen molar-refractivity contribution in [2.45, 2.75) is 22.8 Å². The maximum absolute atomic E-state index is 5.87. The molecule has 2 aromatic rings. The van der Waals surface area contributed by atoms with E-state index in [2.05, 4.69) is 39.1 Å². The van der Waals surface area contributed by atoms with Crippen LogP contribution in [0.3, 0.4) is 0 Å². The number of hydrogen-bond donors (Lipinski definition) is 1. The first-order valence-electron chi connectivity index (χ1n) is 5.30. The molecule has 0 bridgehead atoms. The molecule has 0 amide bonds. The summed E-state index contributed by atoms with van der Waals surface area (Å²) in [7, 11) is 0. The third kappa shape index (κ3) is 3.31. The number of nitrogens with two attached hydrogens (primary N) is 1. The molecule has 2 N–H and O–H groups in total. The van der Waals surface area contributed by atoms with Crippen LogP contribution in [0.1, 0.15) is 18.5 Å². The predicted octanol–water partition coefficient (Wildman–Crippen LogP) is 4.02. The molecule has 0 fully saturated rings. The largest absolute Gasteiger partial charge is 0.324 e. The minimum atomic E-state index is 0.0457. The average Bonchev–Trinajstić information content (AvgIpc) is 2.30. The predicted molar refractivity (Wildman–Crippen MR) is 75.1 cm³/mol. The molecule has 1 aromatic carbocycles. The number of halogens is 1. The Balaban J connectivity index is 2.21. The molecule has 0 aliphatic rings. The molecule has 0 saturated carbocycles. The van der Waals surface area contributed by atoms with Gasteiger partial charge in [-0.3, -0.25) is 4.98 Å². The lowest BCUT2D eigenvalue weighted by atomic mass is 10.1. The van der Waals surface area contributed by atoms with Gasteiger partial charge in [-0.05, 0) is 36.8 Å². The van der Waals surface area contributed by atoms with Crippen molar-refractivity contribution in [1.82, 2.24) is 4.98 Å². The van der Waals surface area contributed by atoms with Gasteiger partial charge in [0, 0.05) is 32.7 Å². The highest BCUT2D eigenvalue weighted by atomic mass is 79.9. The standard InChI is InChI=1S/C13H13BrN2S/c1-9(15)12-3-2-11(8-13(12)14)17-10-4-6-16-7-5-10/h2-9H,15H2,1H3/t9-/m1/s1. The maximum atomic E-state index is 5.87. The molecule has 0 saturated heterocycles. The average molecular weight is 309 g/mol. The Bertz CT molecular complexity index is 500. The molecule has 88 valence electrons. The fourth-order valence-corrected chi connectivity index (χ4v) is 3.22. The van der Waals surface area contributed by atoms with E-state index in [1.54, 1.807) is 24.2 Å². The summed E-state index contributed by atoms with van der Waals surface area (Å²) >= 11 is 5.27. The maximum Gasteiger partial charge on any atom is 0.0279 e. The number of pyridine rings is 1. The zero-order valence-electron chi connectivity index (χ0n) is 9.43. The summed E-state index contributed by atoms with van der Waals surface area (Å²) in [6, 6.07) is 10.3. The fraction of sp³-hybridized carbons (Fsp3) is 0.154. The number of nitrogens with zero attached hydrogens (tertiary/aromatic N) is 1. The zero-order chi connectivity index (χ0) is 12.3. The second-order valence-corrected chi connectivity index (χ2v) is 5.76. The van der Waals surface area contributed by atoms with Crippen LogP contribution in [0.25, 0.3) is 0 Å². The van der Waals surface area contributed by atoms with Crippen molar-refractivity contribution in [2.75, 3.05) is 0 Å². The first-order valence-corrected chi connectivity index (χ1v) is 6.90. The summed E-state index contributed by atoms with van der Waals surface area (Å²) in [5.41, 5.74) is 7.00. The van der Waals surface area contributed by atoms with Crippen LogP contribution >= 0.6 is 27.7 Å². The molecular formula is C13H13BrN2S. The van der Waals surface area contributed by atoms with Gasteiger partial charge in [0.2, 0.25) is 0 Å². The highest BCUT2D eigenvalue weighted by Gasteiger charge is 2.06. The van der Waals surface area contributed by atoms with Crippen molar-refractivity contribution < 1.29 is 0 Å². The Kier molecular flexibility index (Phi) is 4.20. The third-order valence-electron chi connectivity index (χ3n) is 2.35. The van der Waals surface area contributed by atoms with Gasteiger partial charge in [-0.2, -0.15) is 0 Å². The summed E-state index contributed by atoms with van der Waals surface area (Å²) in [4.78, 5) is 6.37. The number of benzene rings is 1. The molecule has 1 heterocycles. The summed E-state index contributed by atoms with van der Waals surface area (Å²) in [6.07, 6.45) is 3.60. The highest BCUT2D eigenvalue weighted by Crippen LogP contribution is 2.32. The Morgan fingerprint density at radius 2 is 1.88 bits per heavy atom. The van der Waals surface area contributed by atoms with Crippen LogP contribution in [0, 0.1) is 0 Å². The Morgan fingerprint density at radius 1 is 1.18 bits per heavy atom. The van der Waals surface area contributed by atoms with E-state index in [0.717, 1.165) is 10.0 Å². The lowest BCUT2D eigenvalue weighted by Crippen LogP contribution is -2.05. The molecule has 17 heavy (non-hydrogen) atoms. The van der Waals surface area contributed by atoms with Gasteiger partial charge in [0.1, 0.15) is 0 Å². The van der Waals surface area contributed by atoms with Crippen LogP contribution in [-0.2, 0) is 0 Å². The first kappa shape index (κ1) is 12.6. The Labute approximate surface area is 114 Å². The third-order valence-corrected chi connectivity index (χ3v) is 4.03. The molecule has 1 aromatic heterocycles. The summed E-state index contributed by atoms with van der Waals surface area (Å²) in [5, 5.41) is 0. The molecule has 2 nitrogen and oxygen atoms in total. The van der Waals surface area contributed by atoms with E-state index in [0.29, 0.717) is 0 Å². The van der Waals surface area contributed by atoms with Gasteiger partial charge in [-0.25, -0.2) is 0 Å². The van der Waals surface area contributed by atoms with E-state index in [1.165, 1.54) is 9.79 Å². The second-order valence-electron chi connectivity index (χ2n) is 3.76. The molecule has 4 heteroatoms. The van der Waals surface area contributed by atoms with Crippen molar-refractivity contribution >= 4 is 27.7 Å². The minimum Gasteiger partial charge on any atom is -0.324 e. The monoisotopic (exact) mass is 308 g/mol. The van der Waals surface area contributed by atoms with Crippen molar-refractivity contribution in [2.24, 2.45) is 5.73 Å². The summed E-state index contributed by atoms with van der Waals surface area (Å²) in [6.45, 7) is 1.98. The van der Waals surface area contributed by atoms with Crippen LogP contribution in [0.15, 0.2) is 57.0 Å². The van der Waals surface area contributed by atoms with Crippen LogP contribution in [0.5, 0.6) is 0 Å². The molecule has 0 unspecified atom stereocenters. The van der Waals surface area contributed by atoms with Crippen LogP contribution in [0.2, 0.25) is 0 Å². The van der Waals surface area contributed by atoms with E-state index in [4.69, 9.17) is 5.73 Å². The van der Waals surface area contributed by atoms with Crippen molar-refractivity contribution in [3.05, 3.63) is 52.8 Å². The lowest BCUT2D eigenvalue weighted by Gasteiger charge is -2.10. The highest BCUT2D eigenvalue weighted by molar-refractivity contribution is 9.10. The van der Waals surface area contributed by atoms with Crippen molar-refractivity contribution in [1.29, 1.82) is 0 Å². The van der Waals surface area contributed by atoms with E-state index in [1.807, 2.05) is 19.1 Å². The fourth-order valence-electron chi connectivity index (χ4n) is 1.48. The van der Waals surface area contributed by atoms with Crippen LogP contribution < -0.4 is 5.73 Å². The smallest absolute Gasteiger partial charge is 0.0279 e. The van der Waals surface area contributed by atoms with E-state index < -0.39 is 0 Å². The van der Waals surface area contributed by atoms with Gasteiger partial charge < -0.3 is 5.73 Å². The van der Waals surface area contributed by atoms with Gasteiger partial charge in [-0.1, -0.05) is 33.8 Å². The van der Waals surface area contributed by atoms with Gasteiger partial charge in [-0.15, -0.1) is 0 Å². The van der Waals surface area contributed by atoms with Crippen LogP contribution in [0.4, 0.5) is 0 Å². The van der Waals surface area contributed by atoms with Crippen molar-refractivity contribution in [3.8, 4) is 0 Å². The summed E-state index contributed by atoms with van der Waals surface area (Å²) in [5.74, 6) is 0. The minimum absolute atomic E-state index is 0.0457. The van der Waals surface area contributed by atoms with Crippen LogP contribution in [-0.4, -0.2) is 4.98 Å². The lowest BCUT2D eigenvalue weighted by molar-refractivity contribution is 0.811. The normalized spacial score (nSPS) is 12.4. The van der Waals surface area contributed by atoms with Gasteiger partial charge in [0.15, 0.2) is 0 Å². The Morgan fingerprint density at radius 3 is 2.47 bits per heavy atom. The van der Waals surface area contributed by atoms with E-state index in [9.17, 15) is 0 Å². The topological polar surface area (TPSA) is 38.9 Å². The first-order chi connectivity index (χ1) is 8.16. The van der Waals surface area contributed by atoms with Gasteiger partial charge in [0.05, 0.1) is 0 Å². The number of hydrogen-bond acceptors (Lipinski definition) is 3. The molecule has 0 radical (unpaired) electrons.